The molecule has 3 saturated carbocycles. The molecule has 3 fully saturated rings. The summed E-state index contributed by atoms with van der Waals surface area (Å²) in [7, 11) is 0. The average molecular weight is 214 g/mol. The Morgan fingerprint density at radius 2 is 2.20 bits per heavy atom. The Bertz CT molecular complexity index is 227. The maximum Gasteiger partial charge on any atom is 0.0759 e. The molecule has 15 heavy (non-hydrogen) atoms. The molecule has 0 aromatic heterocycles. The summed E-state index contributed by atoms with van der Waals surface area (Å²) in [5.74, 6) is 0.947. The van der Waals surface area contributed by atoms with Gasteiger partial charge in [-0.05, 0) is 31.6 Å². The first-order chi connectivity index (χ1) is 7.14. The SMILES string of the molecule is CCO[C@@]12CC[C@@H]([C@@H](C)[C@@H]1CO)[C@H](O)C2. The molecule has 3 nitrogen and oxygen atoms in total. The van der Waals surface area contributed by atoms with Crippen LogP contribution >= 0.6 is 0 Å². The molecule has 0 spiro atoms. The Morgan fingerprint density at radius 1 is 1.47 bits per heavy atom. The molecule has 0 amide bonds. The van der Waals surface area contributed by atoms with E-state index in [9.17, 15) is 10.2 Å². The lowest BCUT2D eigenvalue weighted by atomic mass is 9.55. The summed E-state index contributed by atoms with van der Waals surface area (Å²) >= 11 is 0. The fourth-order valence-electron chi connectivity index (χ4n) is 3.80. The zero-order valence-electron chi connectivity index (χ0n) is 9.65. The van der Waals surface area contributed by atoms with Gasteiger partial charge in [0.05, 0.1) is 11.7 Å². The Labute approximate surface area is 91.4 Å². The van der Waals surface area contributed by atoms with Crippen molar-refractivity contribution in [1.82, 2.24) is 0 Å². The van der Waals surface area contributed by atoms with Gasteiger partial charge in [-0.15, -0.1) is 0 Å². The van der Waals surface area contributed by atoms with Crippen LogP contribution in [0.5, 0.6) is 0 Å². The quantitative estimate of drug-likeness (QED) is 0.741. The normalized spacial score (nSPS) is 49.6. The van der Waals surface area contributed by atoms with Gasteiger partial charge < -0.3 is 14.9 Å². The van der Waals surface area contributed by atoms with Crippen molar-refractivity contribution in [3.05, 3.63) is 0 Å². The van der Waals surface area contributed by atoms with Gasteiger partial charge in [-0.3, -0.25) is 0 Å². The zero-order valence-corrected chi connectivity index (χ0v) is 9.65. The molecule has 5 atom stereocenters. The molecule has 3 aliphatic carbocycles. The van der Waals surface area contributed by atoms with Crippen LogP contribution in [0, 0.1) is 17.8 Å². The molecule has 0 saturated heterocycles. The second kappa shape index (κ2) is 4.04. The summed E-state index contributed by atoms with van der Waals surface area (Å²) in [6, 6.07) is 0. The predicted octanol–water partition coefficient (Wildman–Crippen LogP) is 1.18. The standard InChI is InChI=1S/C12H22O3/c1-3-15-12-5-4-9(11(14)6-12)8(2)10(12)7-13/h8-11,13-14H,3-7H2,1-2H3/t8-,9+,10+,11-,12-/m1/s1. The minimum atomic E-state index is -0.253. The van der Waals surface area contributed by atoms with E-state index >= 15 is 0 Å². The van der Waals surface area contributed by atoms with Gasteiger partial charge in [-0.1, -0.05) is 6.92 Å². The Balaban J connectivity index is 2.24. The lowest BCUT2D eigenvalue weighted by molar-refractivity contribution is -0.213. The molecule has 0 aliphatic heterocycles. The van der Waals surface area contributed by atoms with E-state index in [1.165, 1.54) is 0 Å². The van der Waals surface area contributed by atoms with Crippen molar-refractivity contribution < 1.29 is 14.9 Å². The molecule has 0 aromatic carbocycles. The number of fused-ring (bicyclic) bond motifs is 3. The van der Waals surface area contributed by atoms with E-state index in [1.54, 1.807) is 0 Å². The van der Waals surface area contributed by atoms with Crippen molar-refractivity contribution in [3.63, 3.8) is 0 Å². The van der Waals surface area contributed by atoms with Crippen LogP contribution < -0.4 is 0 Å². The molecule has 3 aliphatic rings. The largest absolute Gasteiger partial charge is 0.396 e. The van der Waals surface area contributed by atoms with Crippen LogP contribution in [0.1, 0.15) is 33.1 Å². The minimum Gasteiger partial charge on any atom is -0.396 e. The molecule has 2 N–H and O–H groups in total. The smallest absolute Gasteiger partial charge is 0.0759 e. The fourth-order valence-corrected chi connectivity index (χ4v) is 3.80. The first-order valence-electron chi connectivity index (χ1n) is 6.07. The van der Waals surface area contributed by atoms with E-state index in [0.29, 0.717) is 24.9 Å². The fraction of sp³-hybridized carbons (Fsp3) is 1.00. The first kappa shape index (κ1) is 11.4. The Hall–Kier alpha value is -0.120. The topological polar surface area (TPSA) is 49.7 Å². The van der Waals surface area contributed by atoms with Gasteiger partial charge in [0.2, 0.25) is 0 Å². The molecule has 88 valence electrons. The molecule has 0 unspecified atom stereocenters. The molecule has 3 heteroatoms. The van der Waals surface area contributed by atoms with Crippen LogP contribution in [0.4, 0.5) is 0 Å². The average Bonchev–Trinajstić information content (AvgIpc) is 2.18. The Morgan fingerprint density at radius 3 is 2.73 bits per heavy atom. The third-order valence-electron chi connectivity index (χ3n) is 4.56. The lowest BCUT2D eigenvalue weighted by Crippen LogP contribution is -2.60. The maximum absolute atomic E-state index is 10.0. The van der Waals surface area contributed by atoms with Crippen LogP contribution in [0.3, 0.4) is 0 Å². The van der Waals surface area contributed by atoms with E-state index in [4.69, 9.17) is 4.74 Å². The number of aliphatic hydroxyl groups is 2. The van der Waals surface area contributed by atoms with Crippen LogP contribution in [0.15, 0.2) is 0 Å². The summed E-state index contributed by atoms with van der Waals surface area (Å²) < 4.78 is 5.88. The predicted molar refractivity (Wildman–Crippen MR) is 57.4 cm³/mol. The highest BCUT2D eigenvalue weighted by Crippen LogP contribution is 2.52. The number of hydrogen-bond acceptors (Lipinski definition) is 3. The number of hydrogen-bond donors (Lipinski definition) is 2. The second-order valence-corrected chi connectivity index (χ2v) is 5.12. The summed E-state index contributed by atoms with van der Waals surface area (Å²) in [6.45, 7) is 4.98. The minimum absolute atomic E-state index is 0.185. The maximum atomic E-state index is 10.0. The van der Waals surface area contributed by atoms with Gasteiger partial charge >= 0.3 is 0 Å². The van der Waals surface area contributed by atoms with Crippen molar-refractivity contribution in [3.8, 4) is 0 Å². The monoisotopic (exact) mass is 214 g/mol. The van der Waals surface area contributed by atoms with E-state index < -0.39 is 0 Å². The van der Waals surface area contributed by atoms with Gasteiger partial charge in [0.1, 0.15) is 0 Å². The highest BCUT2D eigenvalue weighted by atomic mass is 16.5. The van der Waals surface area contributed by atoms with Gasteiger partial charge in [-0.25, -0.2) is 0 Å². The van der Waals surface area contributed by atoms with Crippen LogP contribution in [-0.4, -0.2) is 35.1 Å². The lowest BCUT2D eigenvalue weighted by Gasteiger charge is -2.56. The molecule has 0 aromatic rings. The molecule has 0 radical (unpaired) electrons. The third kappa shape index (κ3) is 1.61. The van der Waals surface area contributed by atoms with Crippen LogP contribution in [-0.2, 0) is 4.74 Å². The molecule has 3 rings (SSSR count). The number of rotatable bonds is 3. The van der Waals surface area contributed by atoms with Gasteiger partial charge in [0.25, 0.3) is 0 Å². The van der Waals surface area contributed by atoms with E-state index in [-0.39, 0.29) is 24.2 Å². The van der Waals surface area contributed by atoms with Crippen molar-refractivity contribution in [2.24, 2.45) is 17.8 Å². The third-order valence-corrected chi connectivity index (χ3v) is 4.56. The number of ether oxygens (including phenoxy) is 1. The van der Waals surface area contributed by atoms with E-state index in [2.05, 4.69) is 6.92 Å². The highest BCUT2D eigenvalue weighted by Gasteiger charge is 2.55. The van der Waals surface area contributed by atoms with E-state index in [0.717, 1.165) is 12.8 Å². The summed E-state index contributed by atoms with van der Waals surface area (Å²) in [4.78, 5) is 0. The summed E-state index contributed by atoms with van der Waals surface area (Å²) in [6.07, 6.45) is 2.51. The van der Waals surface area contributed by atoms with Gasteiger partial charge in [0.15, 0.2) is 0 Å². The van der Waals surface area contributed by atoms with Crippen molar-refractivity contribution >= 4 is 0 Å². The van der Waals surface area contributed by atoms with Crippen molar-refractivity contribution in [2.75, 3.05) is 13.2 Å². The van der Waals surface area contributed by atoms with Gasteiger partial charge in [-0.2, -0.15) is 0 Å². The molecule has 0 heterocycles. The number of aliphatic hydroxyl groups excluding tert-OH is 2. The second-order valence-electron chi connectivity index (χ2n) is 5.12. The summed E-state index contributed by atoms with van der Waals surface area (Å²) in [5.41, 5.74) is -0.253. The molecular weight excluding hydrogens is 192 g/mol. The highest BCUT2D eigenvalue weighted by molar-refractivity contribution is 5.05. The first-order valence-corrected chi connectivity index (χ1v) is 6.07. The molecule has 2 bridgehead atoms. The van der Waals surface area contributed by atoms with Crippen LogP contribution in [0.25, 0.3) is 0 Å². The Kier molecular flexibility index (Phi) is 3.06. The summed E-state index contributed by atoms with van der Waals surface area (Å²) in [5, 5.41) is 19.5. The van der Waals surface area contributed by atoms with Gasteiger partial charge in [0, 0.05) is 25.6 Å². The zero-order chi connectivity index (χ0) is 11.1. The van der Waals surface area contributed by atoms with Crippen molar-refractivity contribution in [1.29, 1.82) is 0 Å². The van der Waals surface area contributed by atoms with Crippen LogP contribution in [0.2, 0.25) is 0 Å². The molecular formula is C12H22O3. The van der Waals surface area contributed by atoms with E-state index in [1.807, 2.05) is 6.92 Å². The van der Waals surface area contributed by atoms with Crippen molar-refractivity contribution in [2.45, 2.75) is 44.8 Å².